The van der Waals surface area contributed by atoms with E-state index in [1.54, 1.807) is 0 Å². The van der Waals surface area contributed by atoms with Gasteiger partial charge in [-0.2, -0.15) is 5.10 Å². The van der Waals surface area contributed by atoms with Crippen LogP contribution in [0.25, 0.3) is 0 Å². The topological polar surface area (TPSA) is 95.1 Å². The fourth-order valence-electron chi connectivity index (χ4n) is 1.43. The molecule has 6 nitrogen and oxygen atoms in total. The number of aromatic nitrogens is 2. The highest BCUT2D eigenvalue weighted by Gasteiger charge is 2.19. The third-order valence-corrected chi connectivity index (χ3v) is 3.84. The largest absolute Gasteiger partial charge is 0.392 e. The Bertz CT molecular complexity index is 439. The van der Waals surface area contributed by atoms with E-state index in [1.165, 1.54) is 6.20 Å². The Morgan fingerprint density at radius 2 is 2.24 bits per heavy atom. The van der Waals surface area contributed by atoms with E-state index >= 15 is 0 Å². The van der Waals surface area contributed by atoms with Crippen molar-refractivity contribution in [3.63, 3.8) is 0 Å². The Hall–Kier alpha value is -0.920. The van der Waals surface area contributed by atoms with Crippen molar-refractivity contribution in [2.24, 2.45) is 5.92 Å². The average molecular weight is 261 g/mol. The lowest BCUT2D eigenvalue weighted by atomic mass is 10.1. The smallest absolute Gasteiger partial charge is 0.257 e. The Morgan fingerprint density at radius 1 is 1.53 bits per heavy atom. The lowest BCUT2D eigenvalue weighted by molar-refractivity contribution is 0.278. The van der Waals surface area contributed by atoms with Crippen LogP contribution in [0.1, 0.15) is 32.3 Å². The van der Waals surface area contributed by atoms with Gasteiger partial charge in [0.1, 0.15) is 0 Å². The van der Waals surface area contributed by atoms with Crippen molar-refractivity contribution >= 4 is 10.0 Å². The van der Waals surface area contributed by atoms with Gasteiger partial charge in [-0.3, -0.25) is 5.10 Å². The van der Waals surface area contributed by atoms with Crippen LogP contribution in [0.3, 0.4) is 0 Å². The summed E-state index contributed by atoms with van der Waals surface area (Å²) in [6.07, 6.45) is 3.07. The van der Waals surface area contributed by atoms with E-state index in [2.05, 4.69) is 28.8 Å². The number of nitrogens with one attached hydrogen (secondary N) is 2. The first-order valence-corrected chi connectivity index (χ1v) is 7.08. The molecular weight excluding hydrogens is 242 g/mol. The summed E-state index contributed by atoms with van der Waals surface area (Å²) >= 11 is 0. The number of nitrogens with zero attached hydrogens (tertiary/aromatic N) is 1. The van der Waals surface area contributed by atoms with E-state index in [0.29, 0.717) is 12.5 Å². The second-order valence-electron chi connectivity index (χ2n) is 4.32. The highest BCUT2D eigenvalue weighted by atomic mass is 32.2. The van der Waals surface area contributed by atoms with Gasteiger partial charge >= 0.3 is 0 Å². The predicted molar refractivity (Wildman–Crippen MR) is 63.8 cm³/mol. The lowest BCUT2D eigenvalue weighted by Crippen LogP contribution is -2.26. The molecule has 0 aliphatic heterocycles. The van der Waals surface area contributed by atoms with E-state index in [9.17, 15) is 8.42 Å². The van der Waals surface area contributed by atoms with Crippen LogP contribution in [0.5, 0.6) is 0 Å². The predicted octanol–water partition coefficient (Wildman–Crippen LogP) is 0.617. The van der Waals surface area contributed by atoms with Crippen molar-refractivity contribution in [2.75, 3.05) is 6.54 Å². The molecule has 0 aromatic carbocycles. The Balaban J connectivity index is 2.57. The molecule has 0 bridgehead atoms. The molecule has 1 rings (SSSR count). The summed E-state index contributed by atoms with van der Waals surface area (Å²) in [5, 5.41) is 14.9. The second kappa shape index (κ2) is 6.13. The van der Waals surface area contributed by atoms with Crippen LogP contribution in [0.2, 0.25) is 0 Å². The van der Waals surface area contributed by atoms with Crippen LogP contribution in [-0.4, -0.2) is 30.3 Å². The molecule has 0 fully saturated rings. The number of sulfonamides is 1. The number of hydrogen-bond acceptors (Lipinski definition) is 4. The molecule has 0 aliphatic carbocycles. The quantitative estimate of drug-likeness (QED) is 0.627. The summed E-state index contributed by atoms with van der Waals surface area (Å²) in [5.41, 5.74) is 0.279. The van der Waals surface area contributed by atoms with E-state index < -0.39 is 10.0 Å². The van der Waals surface area contributed by atoms with Gasteiger partial charge in [-0.05, 0) is 18.8 Å². The normalized spacial score (nSPS) is 12.2. The van der Waals surface area contributed by atoms with Crippen molar-refractivity contribution in [3.8, 4) is 0 Å². The summed E-state index contributed by atoms with van der Waals surface area (Å²) in [6.45, 7) is 4.23. The van der Waals surface area contributed by atoms with Gasteiger partial charge in [-0.1, -0.05) is 13.8 Å². The number of aliphatic hydroxyl groups excluding tert-OH is 1. The monoisotopic (exact) mass is 261 g/mol. The first kappa shape index (κ1) is 14.1. The summed E-state index contributed by atoms with van der Waals surface area (Å²) in [6, 6.07) is 0. The molecule has 7 heteroatoms. The number of aliphatic hydroxyl groups is 1. The molecule has 98 valence electrons. The van der Waals surface area contributed by atoms with Gasteiger partial charge in [-0.25, -0.2) is 13.1 Å². The molecule has 1 aromatic heterocycles. The van der Waals surface area contributed by atoms with E-state index in [-0.39, 0.29) is 17.2 Å². The molecule has 0 radical (unpaired) electrons. The van der Waals surface area contributed by atoms with Gasteiger partial charge in [0, 0.05) is 12.1 Å². The second-order valence-corrected chi connectivity index (χ2v) is 6.02. The van der Waals surface area contributed by atoms with Gasteiger partial charge in [0.05, 0.1) is 12.8 Å². The molecule has 0 atom stereocenters. The van der Waals surface area contributed by atoms with Crippen LogP contribution in [0.4, 0.5) is 0 Å². The molecule has 1 heterocycles. The molecule has 0 saturated heterocycles. The standard InChI is InChI=1S/C10H19N3O3S/c1-8(2)4-3-5-12-17(15,16)10-9(7-14)6-11-13-10/h6,8,12,14H,3-5,7H2,1-2H3,(H,11,13). The lowest BCUT2D eigenvalue weighted by Gasteiger charge is -2.07. The first-order chi connectivity index (χ1) is 7.97. The maximum atomic E-state index is 11.8. The zero-order valence-corrected chi connectivity index (χ0v) is 10.9. The molecule has 0 amide bonds. The highest BCUT2D eigenvalue weighted by molar-refractivity contribution is 7.89. The molecule has 0 spiro atoms. The van der Waals surface area contributed by atoms with Gasteiger partial charge in [0.15, 0.2) is 5.03 Å². The van der Waals surface area contributed by atoms with Crippen molar-refractivity contribution < 1.29 is 13.5 Å². The number of hydrogen-bond donors (Lipinski definition) is 3. The van der Waals surface area contributed by atoms with E-state index in [4.69, 9.17) is 5.11 Å². The maximum Gasteiger partial charge on any atom is 0.257 e. The van der Waals surface area contributed by atoms with Crippen molar-refractivity contribution in [1.29, 1.82) is 0 Å². The van der Waals surface area contributed by atoms with Gasteiger partial charge in [0.2, 0.25) is 0 Å². The van der Waals surface area contributed by atoms with Gasteiger partial charge < -0.3 is 5.11 Å². The molecule has 3 N–H and O–H groups in total. The zero-order valence-electron chi connectivity index (χ0n) is 10.1. The van der Waals surface area contributed by atoms with Crippen LogP contribution >= 0.6 is 0 Å². The molecule has 0 saturated carbocycles. The Kier molecular flexibility index (Phi) is 5.10. The van der Waals surface area contributed by atoms with E-state index in [0.717, 1.165) is 12.8 Å². The minimum absolute atomic E-state index is 0.0513. The average Bonchev–Trinajstić information content (AvgIpc) is 2.73. The fourth-order valence-corrected chi connectivity index (χ4v) is 2.63. The summed E-state index contributed by atoms with van der Waals surface area (Å²) in [4.78, 5) is 0. The molecule has 0 unspecified atom stereocenters. The summed E-state index contributed by atoms with van der Waals surface area (Å²) < 4.78 is 26.1. The minimum Gasteiger partial charge on any atom is -0.392 e. The molecule has 17 heavy (non-hydrogen) atoms. The van der Waals surface area contributed by atoms with Crippen LogP contribution in [0.15, 0.2) is 11.2 Å². The summed E-state index contributed by atoms with van der Waals surface area (Å²) in [7, 11) is -3.59. The van der Waals surface area contributed by atoms with Crippen LogP contribution in [-0.2, 0) is 16.6 Å². The van der Waals surface area contributed by atoms with Crippen LogP contribution < -0.4 is 4.72 Å². The number of rotatable bonds is 7. The van der Waals surface area contributed by atoms with Gasteiger partial charge in [-0.15, -0.1) is 0 Å². The van der Waals surface area contributed by atoms with E-state index in [1.807, 2.05) is 0 Å². The zero-order chi connectivity index (χ0) is 12.9. The third-order valence-electron chi connectivity index (χ3n) is 2.37. The minimum atomic E-state index is -3.59. The molecule has 1 aromatic rings. The molecular formula is C10H19N3O3S. The van der Waals surface area contributed by atoms with Crippen molar-refractivity contribution in [3.05, 3.63) is 11.8 Å². The maximum absolute atomic E-state index is 11.8. The fraction of sp³-hybridized carbons (Fsp3) is 0.700. The Morgan fingerprint density at radius 3 is 2.82 bits per heavy atom. The molecule has 0 aliphatic rings. The number of H-pyrrole nitrogens is 1. The van der Waals surface area contributed by atoms with Crippen molar-refractivity contribution in [1.82, 2.24) is 14.9 Å². The SMILES string of the molecule is CC(C)CCCNS(=O)(=O)c1[nH]ncc1CO. The Labute approximate surface area is 101 Å². The third kappa shape index (κ3) is 4.10. The number of aromatic amines is 1. The van der Waals surface area contributed by atoms with Gasteiger partial charge in [0.25, 0.3) is 10.0 Å². The van der Waals surface area contributed by atoms with Crippen LogP contribution in [0, 0.1) is 5.92 Å². The van der Waals surface area contributed by atoms with Crippen molar-refractivity contribution in [2.45, 2.75) is 38.3 Å². The highest BCUT2D eigenvalue weighted by Crippen LogP contribution is 2.11. The first-order valence-electron chi connectivity index (χ1n) is 5.60. The summed E-state index contributed by atoms with van der Waals surface area (Å²) in [5.74, 6) is 0.555.